The highest BCUT2D eigenvalue weighted by Gasteiger charge is 2.16. The van der Waals surface area contributed by atoms with Gasteiger partial charge in [-0.15, -0.1) is 0 Å². The maximum absolute atomic E-state index is 5.67. The van der Waals surface area contributed by atoms with Gasteiger partial charge >= 0.3 is 0 Å². The Kier molecular flexibility index (Phi) is 2.29. The summed E-state index contributed by atoms with van der Waals surface area (Å²) in [5.41, 5.74) is 9.11. The van der Waals surface area contributed by atoms with Crippen molar-refractivity contribution in [2.75, 3.05) is 12.5 Å². The number of nitrogens with zero attached hydrogens (tertiary/aromatic N) is 3. The Bertz CT molecular complexity index is 739. The summed E-state index contributed by atoms with van der Waals surface area (Å²) in [5.74, 6) is 1.44. The molecule has 2 aromatic carbocycles. The topological polar surface area (TPSA) is 75.2 Å². The quantitative estimate of drug-likeness (QED) is 0.717. The molecule has 0 saturated heterocycles. The number of hydrogen-bond donors (Lipinski definition) is 1. The van der Waals surface area contributed by atoms with Crippen LogP contribution in [0.3, 0.4) is 0 Å². The Labute approximate surface area is 114 Å². The minimum atomic E-state index is 0.257. The molecule has 2 heterocycles. The van der Waals surface area contributed by atoms with E-state index in [1.54, 1.807) is 4.80 Å². The lowest BCUT2D eigenvalue weighted by Gasteiger charge is -2.00. The van der Waals surface area contributed by atoms with E-state index in [1.165, 1.54) is 0 Å². The molecule has 0 aliphatic carbocycles. The van der Waals surface area contributed by atoms with Crippen LogP contribution in [0.15, 0.2) is 36.4 Å². The van der Waals surface area contributed by atoms with Gasteiger partial charge < -0.3 is 15.2 Å². The van der Waals surface area contributed by atoms with Crippen LogP contribution in [-0.4, -0.2) is 21.8 Å². The molecule has 0 spiro atoms. The third-order valence-corrected chi connectivity index (χ3v) is 3.22. The molecular weight excluding hydrogens is 256 g/mol. The first-order chi connectivity index (χ1) is 9.78. The predicted molar refractivity (Wildman–Crippen MR) is 73.6 cm³/mol. The van der Waals surface area contributed by atoms with Crippen LogP contribution in [-0.2, 0) is 6.54 Å². The summed E-state index contributed by atoms with van der Waals surface area (Å²) >= 11 is 0. The third-order valence-electron chi connectivity index (χ3n) is 3.22. The number of fused-ring (bicyclic) bond motifs is 2. The predicted octanol–water partition coefficient (Wildman–Crippen LogP) is 1.79. The van der Waals surface area contributed by atoms with Crippen molar-refractivity contribution in [2.24, 2.45) is 0 Å². The van der Waals surface area contributed by atoms with E-state index >= 15 is 0 Å². The van der Waals surface area contributed by atoms with Gasteiger partial charge in [-0.2, -0.15) is 15.0 Å². The van der Waals surface area contributed by atoms with E-state index in [0.29, 0.717) is 6.54 Å². The molecule has 4 rings (SSSR count). The van der Waals surface area contributed by atoms with E-state index in [9.17, 15) is 0 Å². The van der Waals surface area contributed by atoms with Gasteiger partial charge in [0.2, 0.25) is 6.79 Å². The first kappa shape index (κ1) is 11.1. The average molecular weight is 268 g/mol. The molecule has 0 bridgehead atoms. The second-order valence-electron chi connectivity index (χ2n) is 4.67. The fraction of sp³-hybridized carbons (Fsp3) is 0.143. The molecule has 3 aromatic rings. The molecule has 1 aromatic heterocycles. The van der Waals surface area contributed by atoms with E-state index in [4.69, 9.17) is 15.2 Å². The summed E-state index contributed by atoms with van der Waals surface area (Å²) in [6.07, 6.45) is 0. The normalized spacial score (nSPS) is 13.0. The largest absolute Gasteiger partial charge is 0.454 e. The van der Waals surface area contributed by atoms with E-state index < -0.39 is 0 Å². The van der Waals surface area contributed by atoms with Gasteiger partial charge in [0.05, 0.1) is 6.54 Å². The first-order valence-corrected chi connectivity index (χ1v) is 6.27. The highest BCUT2D eigenvalue weighted by atomic mass is 16.7. The van der Waals surface area contributed by atoms with Gasteiger partial charge in [0, 0.05) is 17.8 Å². The van der Waals surface area contributed by atoms with Crippen molar-refractivity contribution in [3.05, 3.63) is 42.0 Å². The van der Waals surface area contributed by atoms with E-state index in [0.717, 1.165) is 33.8 Å². The minimum Gasteiger partial charge on any atom is -0.454 e. The summed E-state index contributed by atoms with van der Waals surface area (Å²) in [5, 5.41) is 8.89. The molecule has 1 aliphatic heterocycles. The molecule has 0 unspecified atom stereocenters. The summed E-state index contributed by atoms with van der Waals surface area (Å²) < 4.78 is 10.7. The standard InChI is InChI=1S/C14H12N4O2/c15-10-3-1-9(2-4-10)7-18-16-11-5-13-14(20-8-19-13)6-12(11)17-18/h1-6H,7-8,15H2. The SMILES string of the molecule is Nc1ccc(Cn2nc3cc4c(cc3n2)OCO4)cc1. The van der Waals surface area contributed by atoms with Crippen molar-refractivity contribution >= 4 is 16.7 Å². The van der Waals surface area contributed by atoms with Crippen LogP contribution in [0.5, 0.6) is 11.5 Å². The first-order valence-electron chi connectivity index (χ1n) is 6.27. The zero-order valence-electron chi connectivity index (χ0n) is 10.6. The molecule has 6 heteroatoms. The molecule has 1 aliphatic rings. The van der Waals surface area contributed by atoms with Gasteiger partial charge in [-0.05, 0) is 17.7 Å². The van der Waals surface area contributed by atoms with E-state index in [1.807, 2.05) is 36.4 Å². The van der Waals surface area contributed by atoms with Crippen molar-refractivity contribution in [3.8, 4) is 11.5 Å². The van der Waals surface area contributed by atoms with Crippen LogP contribution in [0, 0.1) is 0 Å². The Balaban J connectivity index is 1.69. The molecule has 6 nitrogen and oxygen atoms in total. The maximum atomic E-state index is 5.67. The molecule has 20 heavy (non-hydrogen) atoms. The average Bonchev–Trinajstić information content (AvgIpc) is 3.03. The van der Waals surface area contributed by atoms with Gasteiger partial charge in [-0.25, -0.2) is 0 Å². The van der Waals surface area contributed by atoms with Crippen molar-refractivity contribution < 1.29 is 9.47 Å². The van der Waals surface area contributed by atoms with Gasteiger partial charge in [0.25, 0.3) is 0 Å². The number of nitrogens with two attached hydrogens (primary N) is 1. The smallest absolute Gasteiger partial charge is 0.231 e. The molecular formula is C14H12N4O2. The van der Waals surface area contributed by atoms with E-state index in [2.05, 4.69) is 10.2 Å². The van der Waals surface area contributed by atoms with Crippen LogP contribution >= 0.6 is 0 Å². The lowest BCUT2D eigenvalue weighted by molar-refractivity contribution is 0.174. The number of nitrogen functional groups attached to an aromatic ring is 1. The van der Waals surface area contributed by atoms with Crippen LogP contribution in [0.2, 0.25) is 0 Å². The summed E-state index contributed by atoms with van der Waals surface area (Å²) in [6.45, 7) is 0.856. The van der Waals surface area contributed by atoms with Crippen LogP contribution in [0.4, 0.5) is 5.69 Å². The Hall–Kier alpha value is -2.76. The number of ether oxygens (including phenoxy) is 2. The number of aromatic nitrogens is 3. The Morgan fingerprint density at radius 3 is 2.20 bits per heavy atom. The lowest BCUT2D eigenvalue weighted by Crippen LogP contribution is -2.03. The molecule has 0 radical (unpaired) electrons. The summed E-state index contributed by atoms with van der Waals surface area (Å²) in [6, 6.07) is 11.4. The van der Waals surface area contributed by atoms with Gasteiger partial charge in [-0.1, -0.05) is 12.1 Å². The molecule has 0 atom stereocenters. The van der Waals surface area contributed by atoms with Crippen LogP contribution in [0.1, 0.15) is 5.56 Å². The highest BCUT2D eigenvalue weighted by Crippen LogP contribution is 2.34. The molecule has 2 N–H and O–H groups in total. The molecule has 0 amide bonds. The molecule has 100 valence electrons. The lowest BCUT2D eigenvalue weighted by atomic mass is 10.2. The van der Waals surface area contributed by atoms with Crippen molar-refractivity contribution in [1.82, 2.24) is 15.0 Å². The second kappa shape index (κ2) is 4.12. The molecule has 0 saturated carbocycles. The van der Waals surface area contributed by atoms with Gasteiger partial charge in [0.15, 0.2) is 11.5 Å². The van der Waals surface area contributed by atoms with Crippen molar-refractivity contribution in [1.29, 1.82) is 0 Å². The van der Waals surface area contributed by atoms with Gasteiger partial charge in [-0.3, -0.25) is 0 Å². The third kappa shape index (κ3) is 1.82. The van der Waals surface area contributed by atoms with Gasteiger partial charge in [0.1, 0.15) is 11.0 Å². The molecule has 0 fully saturated rings. The van der Waals surface area contributed by atoms with Crippen LogP contribution in [0.25, 0.3) is 11.0 Å². The van der Waals surface area contributed by atoms with Crippen LogP contribution < -0.4 is 15.2 Å². The number of anilines is 1. The Morgan fingerprint density at radius 2 is 1.60 bits per heavy atom. The minimum absolute atomic E-state index is 0.257. The number of rotatable bonds is 2. The Morgan fingerprint density at radius 1 is 1.00 bits per heavy atom. The highest BCUT2D eigenvalue weighted by molar-refractivity contribution is 5.78. The number of benzene rings is 2. The van der Waals surface area contributed by atoms with E-state index in [-0.39, 0.29) is 6.79 Å². The fourth-order valence-electron chi connectivity index (χ4n) is 2.21. The van der Waals surface area contributed by atoms with Crippen molar-refractivity contribution in [3.63, 3.8) is 0 Å². The summed E-state index contributed by atoms with van der Waals surface area (Å²) in [7, 11) is 0. The summed E-state index contributed by atoms with van der Waals surface area (Å²) in [4.78, 5) is 1.66. The fourth-order valence-corrected chi connectivity index (χ4v) is 2.21. The maximum Gasteiger partial charge on any atom is 0.231 e. The second-order valence-corrected chi connectivity index (χ2v) is 4.67. The zero-order chi connectivity index (χ0) is 13.5. The monoisotopic (exact) mass is 268 g/mol. The number of hydrogen-bond acceptors (Lipinski definition) is 5. The zero-order valence-corrected chi connectivity index (χ0v) is 10.6. The van der Waals surface area contributed by atoms with Crippen molar-refractivity contribution in [2.45, 2.75) is 6.54 Å².